The Labute approximate surface area is 99.4 Å². The molecule has 0 aromatic rings. The number of carbonyl (C=O) groups is 1. The van der Waals surface area contributed by atoms with Crippen LogP contribution >= 0.6 is 0 Å². The van der Waals surface area contributed by atoms with E-state index in [1.54, 1.807) is 0 Å². The summed E-state index contributed by atoms with van der Waals surface area (Å²) in [6, 6.07) is 0.358. The number of amides is 1. The van der Waals surface area contributed by atoms with Crippen LogP contribution in [0.5, 0.6) is 0 Å². The molecule has 0 aromatic carbocycles. The Hall–Kier alpha value is -0.570. The average Bonchev–Trinajstić information content (AvgIpc) is 2.26. The lowest BCUT2D eigenvalue weighted by molar-refractivity contribution is -0.137. The Morgan fingerprint density at radius 2 is 1.88 bits per heavy atom. The summed E-state index contributed by atoms with van der Waals surface area (Å²) in [6.07, 6.45) is 4.95. The second kappa shape index (κ2) is 5.67. The molecule has 0 heterocycles. The molecule has 1 fully saturated rings. The van der Waals surface area contributed by atoms with Gasteiger partial charge in [-0.05, 0) is 25.7 Å². The lowest BCUT2D eigenvalue weighted by Gasteiger charge is -2.38. The van der Waals surface area contributed by atoms with E-state index in [1.807, 2.05) is 25.8 Å². The molecule has 0 spiro atoms. The van der Waals surface area contributed by atoms with E-state index >= 15 is 0 Å². The van der Waals surface area contributed by atoms with E-state index in [2.05, 4.69) is 6.92 Å². The maximum atomic E-state index is 12.2. The molecular formula is C13H26N2O. The average molecular weight is 226 g/mol. The second-order valence-corrected chi connectivity index (χ2v) is 5.43. The molecule has 1 amide bonds. The van der Waals surface area contributed by atoms with Crippen LogP contribution in [0.4, 0.5) is 0 Å². The molecule has 16 heavy (non-hydrogen) atoms. The Bertz CT molecular complexity index is 240. The summed E-state index contributed by atoms with van der Waals surface area (Å²) in [5.74, 6) is 0.760. The number of rotatable bonds is 3. The number of hydrogen-bond acceptors (Lipinski definition) is 2. The van der Waals surface area contributed by atoms with E-state index in [9.17, 15) is 4.79 Å². The highest BCUT2D eigenvalue weighted by molar-refractivity contribution is 5.79. The molecule has 4 atom stereocenters. The van der Waals surface area contributed by atoms with Crippen molar-refractivity contribution < 1.29 is 4.79 Å². The molecule has 1 aliphatic rings. The first-order chi connectivity index (χ1) is 7.45. The van der Waals surface area contributed by atoms with Gasteiger partial charge in [0.2, 0.25) is 5.91 Å². The normalized spacial score (nSPS) is 29.6. The van der Waals surface area contributed by atoms with Crippen LogP contribution in [0.15, 0.2) is 0 Å². The summed E-state index contributed by atoms with van der Waals surface area (Å²) in [4.78, 5) is 14.1. The van der Waals surface area contributed by atoms with Gasteiger partial charge in [-0.2, -0.15) is 0 Å². The fraction of sp³-hybridized carbons (Fsp3) is 0.923. The van der Waals surface area contributed by atoms with E-state index in [0.717, 1.165) is 6.42 Å². The zero-order valence-corrected chi connectivity index (χ0v) is 11.1. The van der Waals surface area contributed by atoms with Gasteiger partial charge in [-0.25, -0.2) is 0 Å². The van der Waals surface area contributed by atoms with Gasteiger partial charge in [-0.3, -0.25) is 4.79 Å². The zero-order valence-electron chi connectivity index (χ0n) is 11.1. The van der Waals surface area contributed by atoms with Gasteiger partial charge in [-0.15, -0.1) is 0 Å². The standard InChI is InChI=1S/C13H26N2O/c1-9-7-5-6-8-12(9)15(4)13(16)10(2)11(3)14/h9-12H,5-8,14H2,1-4H3. The summed E-state index contributed by atoms with van der Waals surface area (Å²) >= 11 is 0. The fourth-order valence-electron chi connectivity index (χ4n) is 2.58. The predicted octanol–water partition coefficient (Wildman–Crippen LogP) is 2.01. The van der Waals surface area contributed by atoms with Crippen molar-refractivity contribution in [3.8, 4) is 0 Å². The molecular weight excluding hydrogens is 200 g/mol. The van der Waals surface area contributed by atoms with Crippen LogP contribution in [0.1, 0.15) is 46.5 Å². The van der Waals surface area contributed by atoms with Crippen molar-refractivity contribution in [3.63, 3.8) is 0 Å². The van der Waals surface area contributed by atoms with Crippen LogP contribution in [0.2, 0.25) is 0 Å². The van der Waals surface area contributed by atoms with Gasteiger partial charge >= 0.3 is 0 Å². The van der Waals surface area contributed by atoms with Crippen molar-refractivity contribution in [2.75, 3.05) is 7.05 Å². The van der Waals surface area contributed by atoms with E-state index in [1.165, 1.54) is 19.3 Å². The lowest BCUT2D eigenvalue weighted by Crippen LogP contribution is -2.47. The molecule has 1 rings (SSSR count). The zero-order chi connectivity index (χ0) is 12.3. The summed E-state index contributed by atoms with van der Waals surface area (Å²) < 4.78 is 0. The Morgan fingerprint density at radius 3 is 2.38 bits per heavy atom. The van der Waals surface area contributed by atoms with Crippen molar-refractivity contribution in [1.82, 2.24) is 4.90 Å². The fourth-order valence-corrected chi connectivity index (χ4v) is 2.58. The smallest absolute Gasteiger partial charge is 0.226 e. The quantitative estimate of drug-likeness (QED) is 0.800. The first-order valence-electron chi connectivity index (χ1n) is 6.47. The van der Waals surface area contributed by atoms with Crippen LogP contribution in [-0.4, -0.2) is 29.9 Å². The molecule has 3 nitrogen and oxygen atoms in total. The lowest BCUT2D eigenvalue weighted by atomic mass is 9.84. The summed E-state index contributed by atoms with van der Waals surface area (Å²) in [5.41, 5.74) is 5.79. The van der Waals surface area contributed by atoms with Crippen LogP contribution in [0.25, 0.3) is 0 Å². The summed E-state index contributed by atoms with van der Waals surface area (Å²) in [6.45, 7) is 6.09. The molecule has 4 unspecified atom stereocenters. The molecule has 0 aromatic heterocycles. The molecule has 0 aliphatic heterocycles. The summed E-state index contributed by atoms with van der Waals surface area (Å²) in [7, 11) is 1.94. The molecule has 0 radical (unpaired) electrons. The van der Waals surface area contributed by atoms with E-state index in [0.29, 0.717) is 12.0 Å². The van der Waals surface area contributed by atoms with Crippen molar-refractivity contribution in [1.29, 1.82) is 0 Å². The van der Waals surface area contributed by atoms with E-state index < -0.39 is 0 Å². The Balaban J connectivity index is 2.61. The van der Waals surface area contributed by atoms with Crippen molar-refractivity contribution in [2.24, 2.45) is 17.6 Å². The predicted molar refractivity (Wildman–Crippen MR) is 67.0 cm³/mol. The van der Waals surface area contributed by atoms with Gasteiger partial charge in [0.25, 0.3) is 0 Å². The molecule has 1 aliphatic carbocycles. The minimum Gasteiger partial charge on any atom is -0.342 e. The number of carbonyl (C=O) groups excluding carboxylic acids is 1. The first-order valence-corrected chi connectivity index (χ1v) is 6.47. The monoisotopic (exact) mass is 226 g/mol. The van der Waals surface area contributed by atoms with Gasteiger partial charge in [0.05, 0.1) is 5.92 Å². The van der Waals surface area contributed by atoms with E-state index in [-0.39, 0.29) is 17.9 Å². The number of nitrogens with two attached hydrogens (primary N) is 1. The molecule has 0 bridgehead atoms. The third-order valence-corrected chi connectivity index (χ3v) is 4.09. The van der Waals surface area contributed by atoms with Crippen LogP contribution in [0, 0.1) is 11.8 Å². The minimum absolute atomic E-state index is 0.0613. The van der Waals surface area contributed by atoms with Gasteiger partial charge in [0, 0.05) is 19.1 Å². The maximum absolute atomic E-state index is 12.2. The van der Waals surface area contributed by atoms with Crippen molar-refractivity contribution in [2.45, 2.75) is 58.5 Å². The number of nitrogens with zero attached hydrogens (tertiary/aromatic N) is 1. The van der Waals surface area contributed by atoms with Crippen molar-refractivity contribution >= 4 is 5.91 Å². The molecule has 1 saturated carbocycles. The van der Waals surface area contributed by atoms with Crippen LogP contribution in [-0.2, 0) is 4.79 Å². The molecule has 94 valence electrons. The maximum Gasteiger partial charge on any atom is 0.226 e. The Morgan fingerprint density at radius 1 is 1.31 bits per heavy atom. The van der Waals surface area contributed by atoms with Crippen LogP contribution in [0.3, 0.4) is 0 Å². The van der Waals surface area contributed by atoms with Gasteiger partial charge in [-0.1, -0.05) is 26.7 Å². The van der Waals surface area contributed by atoms with Gasteiger partial charge < -0.3 is 10.6 Å². The third kappa shape index (κ3) is 2.97. The third-order valence-electron chi connectivity index (χ3n) is 4.09. The molecule has 2 N–H and O–H groups in total. The van der Waals surface area contributed by atoms with Crippen LogP contribution < -0.4 is 5.73 Å². The van der Waals surface area contributed by atoms with E-state index in [4.69, 9.17) is 5.73 Å². The van der Waals surface area contributed by atoms with Gasteiger partial charge in [0.15, 0.2) is 0 Å². The minimum atomic E-state index is -0.0703. The largest absolute Gasteiger partial charge is 0.342 e. The number of hydrogen-bond donors (Lipinski definition) is 1. The topological polar surface area (TPSA) is 46.3 Å². The van der Waals surface area contributed by atoms with Gasteiger partial charge in [0.1, 0.15) is 0 Å². The SMILES string of the molecule is CC(N)C(C)C(=O)N(C)C1CCCCC1C. The molecule has 0 saturated heterocycles. The summed E-state index contributed by atoms with van der Waals surface area (Å²) in [5, 5.41) is 0. The second-order valence-electron chi connectivity index (χ2n) is 5.43. The highest BCUT2D eigenvalue weighted by Crippen LogP contribution is 2.28. The first kappa shape index (κ1) is 13.5. The van der Waals surface area contributed by atoms with Crippen molar-refractivity contribution in [3.05, 3.63) is 0 Å². The highest BCUT2D eigenvalue weighted by Gasteiger charge is 2.30. The highest BCUT2D eigenvalue weighted by atomic mass is 16.2. The Kier molecular flexibility index (Phi) is 4.78. The molecule has 3 heteroatoms.